The van der Waals surface area contributed by atoms with Crippen LogP contribution < -0.4 is 5.32 Å². The van der Waals surface area contributed by atoms with Crippen LogP contribution in [0.2, 0.25) is 0 Å². The van der Waals surface area contributed by atoms with Crippen LogP contribution in [-0.2, 0) is 14.8 Å². The Morgan fingerprint density at radius 2 is 2.15 bits per heavy atom. The van der Waals surface area contributed by atoms with Crippen molar-refractivity contribution in [2.24, 2.45) is 0 Å². The topological polar surface area (TPSA) is 92.3 Å². The molecular weight excluding hydrogens is 338 g/mol. The fraction of sp³-hybridized carbons (Fsp3) is 0.625. The zero-order chi connectivity index (χ0) is 15.3. The van der Waals surface area contributed by atoms with E-state index in [1.807, 2.05) is 0 Å². The van der Waals surface area contributed by atoms with E-state index in [0.717, 1.165) is 0 Å². The van der Waals surface area contributed by atoms with Gasteiger partial charge < -0.3 is 5.32 Å². The summed E-state index contributed by atoms with van der Waals surface area (Å²) in [6, 6.07) is 0. The Bertz CT molecular complexity index is 566. The maximum absolute atomic E-state index is 12.4. The van der Waals surface area contributed by atoms with Crippen molar-refractivity contribution in [2.75, 3.05) is 24.3 Å². The van der Waals surface area contributed by atoms with Crippen LogP contribution in [0, 0.1) is 0 Å². The molecule has 0 saturated carbocycles. The number of carbonyl (C=O) groups excluding carboxylic acids is 1. The molecule has 20 heavy (non-hydrogen) atoms. The van der Waals surface area contributed by atoms with Gasteiger partial charge in [0.1, 0.15) is 0 Å². The molecule has 0 aliphatic carbocycles. The molecule has 0 spiro atoms. The number of carbonyl (C=O) groups is 1. The van der Waals surface area contributed by atoms with Gasteiger partial charge in [0, 0.05) is 19.3 Å². The number of rotatable bonds is 7. The highest BCUT2D eigenvalue weighted by Gasteiger charge is 2.30. The Morgan fingerprint density at radius 1 is 1.50 bits per heavy atom. The molecule has 0 aliphatic rings. The van der Waals surface area contributed by atoms with E-state index in [1.165, 1.54) is 6.92 Å². The molecule has 12 heteroatoms. The molecule has 0 fully saturated rings. The average Bonchev–Trinajstić information content (AvgIpc) is 2.76. The molecule has 1 aromatic heterocycles. The van der Waals surface area contributed by atoms with Crippen LogP contribution in [0.1, 0.15) is 6.92 Å². The van der Waals surface area contributed by atoms with Gasteiger partial charge in [-0.3, -0.25) is 4.79 Å². The van der Waals surface area contributed by atoms with E-state index >= 15 is 0 Å². The van der Waals surface area contributed by atoms with E-state index in [0.29, 0.717) is 15.6 Å². The van der Waals surface area contributed by atoms with Gasteiger partial charge in [0.05, 0.1) is 6.54 Å². The SMILES string of the molecule is CC(=O)Nc1nnc(S(=O)(=O)N(CCCl)CC(F)F)s1. The summed E-state index contributed by atoms with van der Waals surface area (Å²) in [4.78, 5) is 10.8. The maximum Gasteiger partial charge on any atom is 0.272 e. The number of anilines is 1. The number of sulfonamides is 1. The van der Waals surface area contributed by atoms with Gasteiger partial charge in [-0.15, -0.1) is 21.8 Å². The first-order valence-corrected chi connectivity index (χ1v) is 8.02. The molecule has 1 rings (SSSR count). The van der Waals surface area contributed by atoms with E-state index in [4.69, 9.17) is 11.6 Å². The van der Waals surface area contributed by atoms with Gasteiger partial charge in [-0.2, -0.15) is 4.31 Å². The molecule has 7 nitrogen and oxygen atoms in total. The van der Waals surface area contributed by atoms with Crippen molar-refractivity contribution in [1.29, 1.82) is 0 Å². The number of alkyl halides is 3. The van der Waals surface area contributed by atoms with Crippen molar-refractivity contribution in [3.8, 4) is 0 Å². The zero-order valence-electron chi connectivity index (χ0n) is 10.2. The van der Waals surface area contributed by atoms with E-state index in [2.05, 4.69) is 15.5 Å². The van der Waals surface area contributed by atoms with Gasteiger partial charge >= 0.3 is 0 Å². The molecule has 0 bridgehead atoms. The van der Waals surface area contributed by atoms with Crippen LogP contribution in [0.15, 0.2) is 4.34 Å². The maximum atomic E-state index is 12.4. The molecule has 0 radical (unpaired) electrons. The number of halogens is 3. The monoisotopic (exact) mass is 348 g/mol. The lowest BCUT2D eigenvalue weighted by atomic mass is 10.6. The minimum absolute atomic E-state index is 0.0288. The normalized spacial score (nSPS) is 12.1. The highest BCUT2D eigenvalue weighted by atomic mass is 35.5. The molecule has 114 valence electrons. The molecule has 1 amide bonds. The van der Waals surface area contributed by atoms with E-state index < -0.39 is 33.2 Å². The first kappa shape index (κ1) is 17.1. The summed E-state index contributed by atoms with van der Waals surface area (Å²) in [6.07, 6.45) is -2.84. The van der Waals surface area contributed by atoms with Gasteiger partial charge in [0.15, 0.2) is 0 Å². The highest BCUT2D eigenvalue weighted by molar-refractivity contribution is 7.91. The molecular formula is C8H11ClF2N4O3S2. The Morgan fingerprint density at radius 3 is 2.65 bits per heavy atom. The smallest absolute Gasteiger partial charge is 0.272 e. The zero-order valence-corrected chi connectivity index (χ0v) is 12.6. The second kappa shape index (κ2) is 7.20. The van der Waals surface area contributed by atoms with Crippen LogP contribution >= 0.6 is 22.9 Å². The third-order valence-electron chi connectivity index (χ3n) is 1.93. The van der Waals surface area contributed by atoms with Gasteiger partial charge in [-0.1, -0.05) is 11.3 Å². The Kier molecular flexibility index (Phi) is 6.17. The van der Waals surface area contributed by atoms with Crippen molar-refractivity contribution < 1.29 is 22.0 Å². The Hall–Kier alpha value is -0.910. The number of aromatic nitrogens is 2. The van der Waals surface area contributed by atoms with E-state index in [1.54, 1.807) is 0 Å². The molecule has 0 unspecified atom stereocenters. The largest absolute Gasteiger partial charge is 0.301 e. The number of nitrogens with one attached hydrogen (secondary N) is 1. The third-order valence-corrected chi connectivity index (χ3v) is 5.14. The molecule has 1 N–H and O–H groups in total. The van der Waals surface area contributed by atoms with Gasteiger partial charge in [0.2, 0.25) is 15.4 Å². The summed E-state index contributed by atoms with van der Waals surface area (Å²) in [6.45, 7) is -0.0421. The number of amides is 1. The molecule has 1 aromatic rings. The second-order valence-electron chi connectivity index (χ2n) is 3.50. The second-order valence-corrected chi connectivity index (χ2v) is 6.96. The first-order valence-electron chi connectivity index (χ1n) is 5.22. The molecule has 1 heterocycles. The lowest BCUT2D eigenvalue weighted by molar-refractivity contribution is -0.114. The minimum Gasteiger partial charge on any atom is -0.301 e. The quantitative estimate of drug-likeness (QED) is 0.586. The van der Waals surface area contributed by atoms with Crippen LogP contribution in [0.4, 0.5) is 13.9 Å². The summed E-state index contributed by atoms with van der Waals surface area (Å²) < 4.78 is 49.0. The average molecular weight is 349 g/mol. The molecule has 0 atom stereocenters. The van der Waals surface area contributed by atoms with Gasteiger partial charge in [0.25, 0.3) is 16.4 Å². The van der Waals surface area contributed by atoms with Crippen LogP contribution in [0.3, 0.4) is 0 Å². The van der Waals surface area contributed by atoms with Crippen LogP contribution in [0.25, 0.3) is 0 Å². The van der Waals surface area contributed by atoms with E-state index in [-0.39, 0.29) is 17.6 Å². The summed E-state index contributed by atoms with van der Waals surface area (Å²) in [5, 5.41) is 9.07. The summed E-state index contributed by atoms with van der Waals surface area (Å²) in [7, 11) is -4.21. The lowest BCUT2D eigenvalue weighted by Crippen LogP contribution is -2.36. The fourth-order valence-electron chi connectivity index (χ4n) is 1.18. The third kappa shape index (κ3) is 4.58. The standard InChI is InChI=1S/C8H11ClF2N4O3S2/c1-5(16)12-7-13-14-8(19-7)20(17,18)15(3-2-9)4-6(10)11/h6H,2-4H2,1H3,(H,12,13,16). The van der Waals surface area contributed by atoms with Crippen LogP contribution in [0.5, 0.6) is 0 Å². The fourth-order valence-corrected chi connectivity index (χ4v) is 3.99. The van der Waals surface area contributed by atoms with Crippen molar-refractivity contribution in [1.82, 2.24) is 14.5 Å². The summed E-state index contributed by atoms with van der Waals surface area (Å²) >= 11 is 5.98. The predicted molar refractivity (Wildman–Crippen MR) is 69.7 cm³/mol. The predicted octanol–water partition coefficient (Wildman–Crippen LogP) is 0.991. The highest BCUT2D eigenvalue weighted by Crippen LogP contribution is 2.23. The Balaban J connectivity index is 3.00. The molecule has 0 aliphatic heterocycles. The van der Waals surface area contributed by atoms with Gasteiger partial charge in [-0.05, 0) is 0 Å². The van der Waals surface area contributed by atoms with E-state index in [9.17, 15) is 22.0 Å². The van der Waals surface area contributed by atoms with Crippen molar-refractivity contribution >= 4 is 44.0 Å². The summed E-state index contributed by atoms with van der Waals surface area (Å²) in [5.74, 6) is -0.584. The van der Waals surface area contributed by atoms with Crippen molar-refractivity contribution in [3.05, 3.63) is 0 Å². The van der Waals surface area contributed by atoms with Gasteiger partial charge in [-0.25, -0.2) is 17.2 Å². The number of hydrogen-bond acceptors (Lipinski definition) is 6. The molecule has 0 aromatic carbocycles. The van der Waals surface area contributed by atoms with Crippen molar-refractivity contribution in [2.45, 2.75) is 17.7 Å². The van der Waals surface area contributed by atoms with Crippen LogP contribution in [-0.4, -0.2) is 54.2 Å². The number of hydrogen-bond donors (Lipinski definition) is 1. The number of nitrogens with zero attached hydrogens (tertiary/aromatic N) is 3. The van der Waals surface area contributed by atoms with Crippen molar-refractivity contribution in [3.63, 3.8) is 0 Å². The molecule has 0 saturated heterocycles. The summed E-state index contributed by atoms with van der Waals surface area (Å²) in [5.41, 5.74) is 0. The minimum atomic E-state index is -4.21. The first-order chi connectivity index (χ1) is 9.27. The lowest BCUT2D eigenvalue weighted by Gasteiger charge is -2.18. The Labute approximate surface area is 123 Å².